The number of nitrogens with one attached hydrogen (secondary N) is 1. The Kier molecular flexibility index (Phi) is 2.68. The number of hydrogen-bond acceptors (Lipinski definition) is 3. The van der Waals surface area contributed by atoms with Crippen LogP contribution in [0.5, 0.6) is 0 Å². The van der Waals surface area contributed by atoms with Crippen molar-refractivity contribution >= 4 is 23.5 Å². The largest absolute Gasteiger partial charge is 0.397 e. The van der Waals surface area contributed by atoms with Crippen LogP contribution in [0, 0.1) is 0 Å². The number of rotatable bonds is 2. The molecular weight excluding hydrogens is 137 g/mol. The minimum atomic E-state index is -1.58. The fourth-order valence-electron chi connectivity index (χ4n) is 1.07. The van der Waals surface area contributed by atoms with Crippen molar-refractivity contribution in [2.24, 2.45) is 5.73 Å². The first-order valence-electron chi connectivity index (χ1n) is 3.50. The van der Waals surface area contributed by atoms with E-state index in [9.17, 15) is 0 Å². The molecule has 3 nitrogen and oxygen atoms in total. The van der Waals surface area contributed by atoms with Crippen molar-refractivity contribution in [2.45, 2.75) is 17.4 Å². The molecular formula is C5H9B3N2O. The maximum Gasteiger partial charge on any atom is 0.0862 e. The SMILES string of the molecule is [B]C([B])([B])OC1CNCC1N. The van der Waals surface area contributed by atoms with Crippen molar-refractivity contribution in [1.82, 2.24) is 5.32 Å². The zero-order chi connectivity index (χ0) is 8.48. The van der Waals surface area contributed by atoms with Crippen LogP contribution in [0.15, 0.2) is 0 Å². The zero-order valence-corrected chi connectivity index (χ0v) is 6.29. The molecule has 54 valence electrons. The van der Waals surface area contributed by atoms with E-state index >= 15 is 0 Å². The molecule has 11 heavy (non-hydrogen) atoms. The highest BCUT2D eigenvalue weighted by molar-refractivity contribution is 6.58. The van der Waals surface area contributed by atoms with E-state index in [-0.39, 0.29) is 12.1 Å². The summed E-state index contributed by atoms with van der Waals surface area (Å²) in [5.74, 6) is 0. The van der Waals surface area contributed by atoms with Crippen LogP contribution in [0.2, 0.25) is 0 Å². The fourth-order valence-corrected chi connectivity index (χ4v) is 1.07. The smallest absolute Gasteiger partial charge is 0.0862 e. The first kappa shape index (κ1) is 9.17. The zero-order valence-electron chi connectivity index (χ0n) is 6.29. The highest BCUT2D eigenvalue weighted by atomic mass is 16.5. The standard InChI is InChI=1S/C5H9B3N2O/c6-5(7,8)11-4-2-10-1-3(4)9/h3-4,10H,1-2,9H2. The van der Waals surface area contributed by atoms with Gasteiger partial charge in [0.25, 0.3) is 0 Å². The van der Waals surface area contributed by atoms with Gasteiger partial charge in [-0.05, 0) is 5.30 Å². The van der Waals surface area contributed by atoms with Crippen molar-refractivity contribution in [2.75, 3.05) is 13.1 Å². The fraction of sp³-hybridized carbons (Fsp3) is 1.00. The average molecular weight is 146 g/mol. The van der Waals surface area contributed by atoms with Crippen molar-refractivity contribution in [3.8, 4) is 0 Å². The number of hydrogen-bond donors (Lipinski definition) is 2. The molecule has 1 heterocycles. The molecule has 0 aromatic carbocycles. The second-order valence-corrected chi connectivity index (χ2v) is 2.83. The minimum absolute atomic E-state index is 0.0787. The van der Waals surface area contributed by atoms with Crippen molar-refractivity contribution in [3.05, 3.63) is 0 Å². The highest BCUT2D eigenvalue weighted by Gasteiger charge is 2.27. The molecule has 0 aromatic heterocycles. The Bertz CT molecular complexity index is 138. The molecule has 0 amide bonds. The molecule has 1 fully saturated rings. The van der Waals surface area contributed by atoms with Gasteiger partial charge in [-0.3, -0.25) is 0 Å². The summed E-state index contributed by atoms with van der Waals surface area (Å²) in [6.45, 7) is 1.36. The monoisotopic (exact) mass is 146 g/mol. The topological polar surface area (TPSA) is 47.3 Å². The lowest BCUT2D eigenvalue weighted by atomic mass is 9.52. The second-order valence-electron chi connectivity index (χ2n) is 2.83. The van der Waals surface area contributed by atoms with Gasteiger partial charge >= 0.3 is 0 Å². The molecule has 1 rings (SSSR count). The Balaban J connectivity index is 2.37. The molecule has 0 aromatic rings. The summed E-state index contributed by atoms with van der Waals surface area (Å²) in [5, 5.41) is 1.45. The molecule has 1 saturated heterocycles. The van der Waals surface area contributed by atoms with Crippen LogP contribution in [0.3, 0.4) is 0 Å². The Labute approximate surface area is 70.7 Å². The first-order valence-corrected chi connectivity index (χ1v) is 3.50. The van der Waals surface area contributed by atoms with E-state index in [1.54, 1.807) is 0 Å². The van der Waals surface area contributed by atoms with Crippen LogP contribution in [0.4, 0.5) is 0 Å². The number of ether oxygens (including phenoxy) is 1. The molecule has 0 bridgehead atoms. The summed E-state index contributed by atoms with van der Waals surface area (Å²) in [5.41, 5.74) is 5.63. The third-order valence-electron chi connectivity index (χ3n) is 1.56. The van der Waals surface area contributed by atoms with E-state index in [1.165, 1.54) is 0 Å². The summed E-state index contributed by atoms with van der Waals surface area (Å²) >= 11 is 0. The highest BCUT2D eigenvalue weighted by Crippen LogP contribution is 2.07. The lowest BCUT2D eigenvalue weighted by Gasteiger charge is -2.28. The van der Waals surface area contributed by atoms with Crippen LogP contribution in [0.1, 0.15) is 0 Å². The van der Waals surface area contributed by atoms with E-state index in [1.807, 2.05) is 0 Å². The van der Waals surface area contributed by atoms with Crippen LogP contribution >= 0.6 is 0 Å². The minimum Gasteiger partial charge on any atom is -0.397 e. The van der Waals surface area contributed by atoms with Gasteiger partial charge < -0.3 is 15.8 Å². The molecule has 1 aliphatic rings. The van der Waals surface area contributed by atoms with Gasteiger partial charge in [-0.2, -0.15) is 0 Å². The van der Waals surface area contributed by atoms with E-state index < -0.39 is 5.30 Å². The summed E-state index contributed by atoms with van der Waals surface area (Å²) in [6.07, 6.45) is -0.185. The molecule has 2 atom stereocenters. The van der Waals surface area contributed by atoms with Crippen LogP contribution < -0.4 is 11.1 Å². The van der Waals surface area contributed by atoms with E-state index in [2.05, 4.69) is 5.32 Å². The lowest BCUT2D eigenvalue weighted by molar-refractivity contribution is 0.0508. The Morgan fingerprint density at radius 3 is 2.36 bits per heavy atom. The van der Waals surface area contributed by atoms with E-state index in [0.717, 1.165) is 0 Å². The summed E-state index contributed by atoms with van der Waals surface area (Å²) in [7, 11) is 15.7. The van der Waals surface area contributed by atoms with Crippen molar-refractivity contribution in [1.29, 1.82) is 0 Å². The van der Waals surface area contributed by atoms with Crippen LogP contribution in [-0.2, 0) is 4.74 Å². The molecule has 3 N–H and O–H groups in total. The average Bonchev–Trinajstić information content (AvgIpc) is 2.12. The third kappa shape index (κ3) is 2.89. The normalized spacial score (nSPS) is 32.5. The molecule has 1 aliphatic heterocycles. The summed E-state index contributed by atoms with van der Waals surface area (Å²) in [4.78, 5) is 0. The van der Waals surface area contributed by atoms with E-state index in [4.69, 9.17) is 34.0 Å². The maximum absolute atomic E-state index is 5.63. The van der Waals surface area contributed by atoms with Gasteiger partial charge in [-0.15, -0.1) is 0 Å². The maximum atomic E-state index is 5.63. The predicted octanol–water partition coefficient (Wildman–Crippen LogP) is -2.58. The third-order valence-corrected chi connectivity index (χ3v) is 1.56. The molecule has 0 aliphatic carbocycles. The Hall–Kier alpha value is 0.0748. The van der Waals surface area contributed by atoms with E-state index in [0.29, 0.717) is 13.1 Å². The van der Waals surface area contributed by atoms with Crippen LogP contribution in [0.25, 0.3) is 0 Å². The van der Waals surface area contributed by atoms with Gasteiger partial charge in [0.2, 0.25) is 0 Å². The quantitative estimate of drug-likeness (QED) is 0.420. The van der Waals surface area contributed by atoms with Crippen molar-refractivity contribution < 1.29 is 4.74 Å². The van der Waals surface area contributed by atoms with Gasteiger partial charge in [0.15, 0.2) is 0 Å². The van der Waals surface area contributed by atoms with Gasteiger partial charge in [-0.1, -0.05) is 0 Å². The molecule has 6 radical (unpaired) electrons. The molecule has 0 spiro atoms. The molecule has 0 saturated carbocycles. The van der Waals surface area contributed by atoms with Gasteiger partial charge in [0, 0.05) is 19.1 Å². The Morgan fingerprint density at radius 2 is 2.00 bits per heavy atom. The second kappa shape index (κ2) is 3.21. The molecule has 2 unspecified atom stereocenters. The van der Waals surface area contributed by atoms with Crippen LogP contribution in [-0.4, -0.2) is 54.1 Å². The van der Waals surface area contributed by atoms with Crippen molar-refractivity contribution in [3.63, 3.8) is 0 Å². The summed E-state index contributed by atoms with van der Waals surface area (Å²) < 4.78 is 5.06. The van der Waals surface area contributed by atoms with Gasteiger partial charge in [0.05, 0.1) is 29.6 Å². The van der Waals surface area contributed by atoms with Gasteiger partial charge in [-0.25, -0.2) is 0 Å². The number of nitrogens with two attached hydrogens (primary N) is 1. The molecule has 6 heteroatoms. The van der Waals surface area contributed by atoms with Gasteiger partial charge in [0.1, 0.15) is 0 Å². The summed E-state index contributed by atoms with van der Waals surface area (Å²) in [6, 6.07) is -0.0787. The lowest BCUT2D eigenvalue weighted by Crippen LogP contribution is -2.45. The first-order chi connectivity index (χ1) is 4.99. The predicted molar refractivity (Wildman–Crippen MR) is 45.7 cm³/mol. The Morgan fingerprint density at radius 1 is 1.36 bits per heavy atom.